The van der Waals surface area contributed by atoms with Crippen molar-refractivity contribution in [3.8, 4) is 0 Å². The van der Waals surface area contributed by atoms with E-state index in [4.69, 9.17) is 0 Å². The summed E-state index contributed by atoms with van der Waals surface area (Å²) in [5.41, 5.74) is 0.284. The summed E-state index contributed by atoms with van der Waals surface area (Å²) < 4.78 is 0. The quantitative estimate of drug-likeness (QED) is 0.695. The molecule has 0 aromatic carbocycles. The molecule has 0 bridgehead atoms. The largest absolute Gasteiger partial charge is 0.310 e. The summed E-state index contributed by atoms with van der Waals surface area (Å²) in [5.74, 6) is 0. The van der Waals surface area contributed by atoms with Crippen LogP contribution < -0.4 is 5.32 Å². The maximum atomic E-state index is 3.58. The van der Waals surface area contributed by atoms with E-state index in [1.165, 1.54) is 32.5 Å². The molecular weight excluding hydrogens is 172 g/mol. The first kappa shape index (κ1) is 11.7. The van der Waals surface area contributed by atoms with E-state index in [1.807, 2.05) is 0 Å². The summed E-state index contributed by atoms with van der Waals surface area (Å²) in [6.07, 6.45) is 6.86. The lowest BCUT2D eigenvalue weighted by Crippen LogP contribution is -2.46. The molecule has 2 nitrogen and oxygen atoms in total. The Morgan fingerprint density at radius 3 is 2.93 bits per heavy atom. The van der Waals surface area contributed by atoms with Crippen LogP contribution in [-0.4, -0.2) is 36.6 Å². The molecule has 0 aliphatic carbocycles. The van der Waals surface area contributed by atoms with Crippen LogP contribution >= 0.6 is 0 Å². The Hall–Kier alpha value is -0.340. The lowest BCUT2D eigenvalue weighted by Gasteiger charge is -2.29. The van der Waals surface area contributed by atoms with Crippen LogP contribution in [0.25, 0.3) is 0 Å². The van der Waals surface area contributed by atoms with E-state index in [0.29, 0.717) is 0 Å². The summed E-state index contributed by atoms with van der Waals surface area (Å²) in [6, 6.07) is 0. The normalized spacial score (nSPS) is 23.9. The van der Waals surface area contributed by atoms with Gasteiger partial charge in [-0.15, -0.1) is 0 Å². The minimum Gasteiger partial charge on any atom is -0.310 e. The number of allylic oxidation sites excluding steroid dienone is 1. The molecule has 1 saturated heterocycles. The fourth-order valence-corrected chi connectivity index (χ4v) is 2.04. The van der Waals surface area contributed by atoms with Gasteiger partial charge in [-0.2, -0.15) is 0 Å². The molecule has 0 atom stereocenters. The van der Waals surface area contributed by atoms with Crippen LogP contribution in [0.15, 0.2) is 12.2 Å². The topological polar surface area (TPSA) is 15.3 Å². The summed E-state index contributed by atoms with van der Waals surface area (Å²) in [7, 11) is 0. The van der Waals surface area contributed by atoms with Gasteiger partial charge >= 0.3 is 0 Å². The Kier molecular flexibility index (Phi) is 4.63. The second-order valence-corrected chi connectivity index (χ2v) is 4.80. The van der Waals surface area contributed by atoms with E-state index in [1.54, 1.807) is 0 Å². The highest BCUT2D eigenvalue weighted by Gasteiger charge is 2.22. The zero-order valence-electron chi connectivity index (χ0n) is 9.84. The molecule has 1 rings (SSSR count). The monoisotopic (exact) mass is 196 g/mol. The van der Waals surface area contributed by atoms with Gasteiger partial charge in [-0.25, -0.2) is 0 Å². The van der Waals surface area contributed by atoms with Gasteiger partial charge in [0.25, 0.3) is 0 Å². The van der Waals surface area contributed by atoms with E-state index in [9.17, 15) is 0 Å². The molecule has 2 heteroatoms. The summed E-state index contributed by atoms with van der Waals surface area (Å²) in [6.45, 7) is 11.5. The number of hydrogen-bond acceptors (Lipinski definition) is 2. The first-order valence-electron chi connectivity index (χ1n) is 5.72. The Morgan fingerprint density at radius 1 is 1.43 bits per heavy atom. The lowest BCUT2D eigenvalue weighted by molar-refractivity contribution is 0.235. The third-order valence-corrected chi connectivity index (χ3v) is 2.72. The van der Waals surface area contributed by atoms with Crippen molar-refractivity contribution in [3.05, 3.63) is 12.2 Å². The SMILES string of the molecule is C/C=C/CCN1CCCNC(C)(C)C1. The highest BCUT2D eigenvalue weighted by molar-refractivity contribution is 4.86. The van der Waals surface area contributed by atoms with Crippen molar-refractivity contribution in [1.82, 2.24) is 10.2 Å². The highest BCUT2D eigenvalue weighted by atomic mass is 15.2. The highest BCUT2D eigenvalue weighted by Crippen LogP contribution is 2.10. The number of hydrogen-bond donors (Lipinski definition) is 1. The zero-order valence-corrected chi connectivity index (χ0v) is 9.84. The Labute approximate surface area is 88.4 Å². The van der Waals surface area contributed by atoms with Crippen molar-refractivity contribution in [2.75, 3.05) is 26.2 Å². The van der Waals surface area contributed by atoms with Crippen molar-refractivity contribution in [2.45, 2.75) is 39.2 Å². The first-order chi connectivity index (χ1) is 6.64. The molecule has 1 fully saturated rings. The third-order valence-electron chi connectivity index (χ3n) is 2.72. The van der Waals surface area contributed by atoms with Crippen LogP contribution in [-0.2, 0) is 0 Å². The molecule has 0 amide bonds. The summed E-state index contributed by atoms with van der Waals surface area (Å²) in [5, 5.41) is 3.58. The van der Waals surface area contributed by atoms with E-state index < -0.39 is 0 Å². The molecule has 0 aromatic heterocycles. The van der Waals surface area contributed by atoms with E-state index in [0.717, 1.165) is 6.54 Å². The van der Waals surface area contributed by atoms with Gasteiger partial charge in [-0.1, -0.05) is 12.2 Å². The second kappa shape index (κ2) is 5.52. The van der Waals surface area contributed by atoms with Gasteiger partial charge in [-0.05, 0) is 46.7 Å². The van der Waals surface area contributed by atoms with Gasteiger partial charge in [0, 0.05) is 18.6 Å². The molecule has 0 unspecified atom stereocenters. The fraction of sp³-hybridized carbons (Fsp3) is 0.833. The minimum absolute atomic E-state index is 0.284. The minimum atomic E-state index is 0.284. The van der Waals surface area contributed by atoms with Gasteiger partial charge in [0.1, 0.15) is 0 Å². The van der Waals surface area contributed by atoms with Crippen LogP contribution in [0.4, 0.5) is 0 Å². The van der Waals surface area contributed by atoms with Crippen molar-refractivity contribution in [1.29, 1.82) is 0 Å². The third kappa shape index (κ3) is 4.25. The van der Waals surface area contributed by atoms with Crippen molar-refractivity contribution < 1.29 is 0 Å². The molecule has 0 spiro atoms. The molecule has 1 N–H and O–H groups in total. The molecule has 1 heterocycles. The van der Waals surface area contributed by atoms with Gasteiger partial charge in [0.15, 0.2) is 0 Å². The number of nitrogens with zero attached hydrogens (tertiary/aromatic N) is 1. The van der Waals surface area contributed by atoms with Gasteiger partial charge < -0.3 is 10.2 Å². The predicted octanol–water partition coefficient (Wildman–Crippen LogP) is 2.03. The molecule has 82 valence electrons. The standard InChI is InChI=1S/C12H24N2/c1-4-5-6-9-14-10-7-8-13-12(2,3)11-14/h4-5,13H,6-11H2,1-3H3/b5-4+. The average Bonchev–Trinajstić information content (AvgIpc) is 2.27. The van der Waals surface area contributed by atoms with Crippen LogP contribution in [0.1, 0.15) is 33.6 Å². The van der Waals surface area contributed by atoms with Crippen LogP contribution in [0.2, 0.25) is 0 Å². The molecular formula is C12H24N2. The maximum Gasteiger partial charge on any atom is 0.0252 e. The van der Waals surface area contributed by atoms with E-state index in [2.05, 4.69) is 43.1 Å². The van der Waals surface area contributed by atoms with Crippen LogP contribution in [0, 0.1) is 0 Å². The molecule has 1 aliphatic rings. The predicted molar refractivity (Wildman–Crippen MR) is 62.6 cm³/mol. The van der Waals surface area contributed by atoms with E-state index >= 15 is 0 Å². The molecule has 0 saturated carbocycles. The average molecular weight is 196 g/mol. The number of rotatable bonds is 3. The number of nitrogens with one attached hydrogen (secondary N) is 1. The maximum absolute atomic E-state index is 3.58. The van der Waals surface area contributed by atoms with Crippen LogP contribution in [0.3, 0.4) is 0 Å². The van der Waals surface area contributed by atoms with Gasteiger partial charge in [-0.3, -0.25) is 0 Å². The summed E-state index contributed by atoms with van der Waals surface area (Å²) >= 11 is 0. The molecule has 14 heavy (non-hydrogen) atoms. The fourth-order valence-electron chi connectivity index (χ4n) is 2.04. The van der Waals surface area contributed by atoms with Gasteiger partial charge in [0.05, 0.1) is 0 Å². The second-order valence-electron chi connectivity index (χ2n) is 4.80. The Morgan fingerprint density at radius 2 is 2.21 bits per heavy atom. The summed E-state index contributed by atoms with van der Waals surface area (Å²) in [4.78, 5) is 2.57. The Bertz CT molecular complexity index is 185. The lowest BCUT2D eigenvalue weighted by atomic mass is 10.1. The van der Waals surface area contributed by atoms with Crippen LogP contribution in [0.5, 0.6) is 0 Å². The van der Waals surface area contributed by atoms with Crippen molar-refractivity contribution in [2.24, 2.45) is 0 Å². The Balaban J connectivity index is 2.35. The van der Waals surface area contributed by atoms with E-state index in [-0.39, 0.29) is 5.54 Å². The zero-order chi connectivity index (χ0) is 10.4. The first-order valence-corrected chi connectivity index (χ1v) is 5.72. The molecule has 0 radical (unpaired) electrons. The van der Waals surface area contributed by atoms with Crippen molar-refractivity contribution >= 4 is 0 Å². The molecule has 1 aliphatic heterocycles. The van der Waals surface area contributed by atoms with Crippen molar-refractivity contribution in [3.63, 3.8) is 0 Å². The molecule has 0 aromatic rings. The smallest absolute Gasteiger partial charge is 0.0252 e. The van der Waals surface area contributed by atoms with Gasteiger partial charge in [0.2, 0.25) is 0 Å².